The number of hydrogen-bond acceptors (Lipinski definition) is 7. The van der Waals surface area contributed by atoms with E-state index in [1.165, 1.54) is 11.3 Å². The summed E-state index contributed by atoms with van der Waals surface area (Å²) >= 11 is 1.43. The summed E-state index contributed by atoms with van der Waals surface area (Å²) in [5.74, 6) is -1.19. The van der Waals surface area contributed by atoms with Gasteiger partial charge in [-0.25, -0.2) is 4.98 Å². The van der Waals surface area contributed by atoms with Gasteiger partial charge in [0.15, 0.2) is 0 Å². The Kier molecular flexibility index (Phi) is 4.94. The van der Waals surface area contributed by atoms with Gasteiger partial charge in [-0.05, 0) is 24.3 Å². The molecule has 3 aromatic rings. The van der Waals surface area contributed by atoms with Crippen LogP contribution in [-0.4, -0.2) is 45.8 Å². The van der Waals surface area contributed by atoms with Crippen molar-refractivity contribution in [3.05, 3.63) is 71.0 Å². The van der Waals surface area contributed by atoms with Gasteiger partial charge in [-0.15, -0.1) is 11.3 Å². The molecule has 0 saturated heterocycles. The van der Waals surface area contributed by atoms with Gasteiger partial charge in [0, 0.05) is 23.3 Å². The maximum Gasteiger partial charge on any atom is 0.311 e. The van der Waals surface area contributed by atoms with Crippen LogP contribution in [0.3, 0.4) is 0 Å². The number of pyridine rings is 1. The van der Waals surface area contributed by atoms with Crippen LogP contribution >= 0.6 is 11.3 Å². The van der Waals surface area contributed by atoms with Crippen molar-refractivity contribution < 1.29 is 19.1 Å². The summed E-state index contributed by atoms with van der Waals surface area (Å²) in [6, 6.07) is 10.4. The second-order valence-electron chi connectivity index (χ2n) is 6.09. The fourth-order valence-electron chi connectivity index (χ4n) is 2.90. The Morgan fingerprint density at radius 1 is 1.07 bits per heavy atom. The van der Waals surface area contributed by atoms with Gasteiger partial charge in [-0.3, -0.25) is 24.3 Å². The number of ether oxygens (including phenoxy) is 1. The van der Waals surface area contributed by atoms with E-state index in [0.717, 1.165) is 15.5 Å². The van der Waals surface area contributed by atoms with Crippen molar-refractivity contribution in [2.24, 2.45) is 0 Å². The summed E-state index contributed by atoms with van der Waals surface area (Å²) in [6.07, 6.45) is 3.42. The number of esters is 1. The number of aromatic nitrogens is 2. The smallest absolute Gasteiger partial charge is 0.311 e. The maximum atomic E-state index is 12.3. The van der Waals surface area contributed by atoms with Crippen molar-refractivity contribution >= 4 is 29.1 Å². The van der Waals surface area contributed by atoms with Crippen LogP contribution in [0.5, 0.6) is 0 Å². The van der Waals surface area contributed by atoms with E-state index < -0.39 is 5.97 Å². The van der Waals surface area contributed by atoms with Gasteiger partial charge in [0.25, 0.3) is 11.8 Å². The first kappa shape index (κ1) is 18.0. The molecule has 0 radical (unpaired) electrons. The number of thiazole rings is 1. The Balaban J connectivity index is 1.30. The maximum absolute atomic E-state index is 12.3. The third-order valence-corrected chi connectivity index (χ3v) is 5.18. The van der Waals surface area contributed by atoms with Crippen molar-refractivity contribution in [1.29, 1.82) is 0 Å². The van der Waals surface area contributed by atoms with Crippen molar-refractivity contribution in [3.63, 3.8) is 0 Å². The number of carbonyl (C=O) groups excluding carboxylic acids is 3. The average Bonchev–Trinajstić information content (AvgIpc) is 3.28. The lowest BCUT2D eigenvalue weighted by Gasteiger charge is -2.13. The number of amides is 2. The normalized spacial score (nSPS) is 12.9. The minimum atomic E-state index is -0.459. The number of hydrogen-bond donors (Lipinski definition) is 0. The molecule has 0 atom stereocenters. The first-order valence-electron chi connectivity index (χ1n) is 8.59. The molecular weight excluding hydrogens is 378 g/mol. The van der Waals surface area contributed by atoms with E-state index in [-0.39, 0.29) is 31.4 Å². The van der Waals surface area contributed by atoms with E-state index in [0.29, 0.717) is 16.8 Å². The lowest BCUT2D eigenvalue weighted by molar-refractivity contribution is -0.143. The highest BCUT2D eigenvalue weighted by Crippen LogP contribution is 2.23. The lowest BCUT2D eigenvalue weighted by atomic mass is 10.1. The molecule has 7 nitrogen and oxygen atoms in total. The van der Waals surface area contributed by atoms with Crippen LogP contribution in [0.2, 0.25) is 0 Å². The van der Waals surface area contributed by atoms with Crippen LogP contribution in [0.4, 0.5) is 0 Å². The van der Waals surface area contributed by atoms with Gasteiger partial charge in [-0.2, -0.15) is 0 Å². The van der Waals surface area contributed by atoms with Gasteiger partial charge in [0.05, 0.1) is 29.8 Å². The molecule has 4 rings (SSSR count). The van der Waals surface area contributed by atoms with Crippen LogP contribution < -0.4 is 0 Å². The molecule has 1 aliphatic heterocycles. The summed E-state index contributed by atoms with van der Waals surface area (Å²) in [5, 5.41) is 2.58. The Labute approximate surface area is 164 Å². The molecule has 8 heteroatoms. The third kappa shape index (κ3) is 3.54. The summed E-state index contributed by atoms with van der Waals surface area (Å²) < 4.78 is 5.19. The lowest BCUT2D eigenvalue weighted by Crippen LogP contribution is -2.33. The van der Waals surface area contributed by atoms with E-state index in [1.54, 1.807) is 42.0 Å². The van der Waals surface area contributed by atoms with Crippen molar-refractivity contribution in [2.45, 2.75) is 6.42 Å². The molecule has 3 heterocycles. The first-order chi connectivity index (χ1) is 13.6. The zero-order chi connectivity index (χ0) is 19.5. The summed E-state index contributed by atoms with van der Waals surface area (Å²) in [6.45, 7) is -0.0278. The number of fused-ring (bicyclic) bond motifs is 1. The Bertz CT molecular complexity index is 1010. The van der Waals surface area contributed by atoms with E-state index in [1.807, 2.05) is 12.1 Å². The van der Waals surface area contributed by atoms with Crippen molar-refractivity contribution in [3.8, 4) is 10.6 Å². The van der Waals surface area contributed by atoms with Crippen LogP contribution in [0.25, 0.3) is 10.6 Å². The number of nitrogens with zero attached hydrogens (tertiary/aromatic N) is 3. The highest BCUT2D eigenvalue weighted by atomic mass is 32.1. The number of benzene rings is 1. The molecule has 2 aromatic heterocycles. The Hall–Kier alpha value is -3.39. The predicted molar refractivity (Wildman–Crippen MR) is 102 cm³/mol. The van der Waals surface area contributed by atoms with Crippen molar-refractivity contribution in [2.75, 3.05) is 13.2 Å². The van der Waals surface area contributed by atoms with Crippen LogP contribution in [0, 0.1) is 0 Å². The minimum absolute atomic E-state index is 0.0239. The number of imide groups is 1. The largest absolute Gasteiger partial charge is 0.463 e. The van der Waals surface area contributed by atoms with Crippen LogP contribution in [-0.2, 0) is 16.0 Å². The second-order valence-corrected chi connectivity index (χ2v) is 6.95. The molecule has 0 unspecified atom stereocenters. The molecule has 28 heavy (non-hydrogen) atoms. The highest BCUT2D eigenvalue weighted by molar-refractivity contribution is 7.13. The minimum Gasteiger partial charge on any atom is -0.463 e. The molecule has 1 aromatic carbocycles. The zero-order valence-corrected chi connectivity index (χ0v) is 15.5. The average molecular weight is 393 g/mol. The topological polar surface area (TPSA) is 89.5 Å². The van der Waals surface area contributed by atoms with Gasteiger partial charge >= 0.3 is 5.97 Å². The Morgan fingerprint density at radius 2 is 1.82 bits per heavy atom. The first-order valence-corrected chi connectivity index (χ1v) is 9.47. The van der Waals surface area contributed by atoms with E-state index in [2.05, 4.69) is 9.97 Å². The highest BCUT2D eigenvalue weighted by Gasteiger charge is 2.34. The predicted octanol–water partition coefficient (Wildman–Crippen LogP) is 2.59. The van der Waals surface area contributed by atoms with Gasteiger partial charge in [0.2, 0.25) is 0 Å². The summed E-state index contributed by atoms with van der Waals surface area (Å²) in [4.78, 5) is 46.1. The Morgan fingerprint density at radius 3 is 2.50 bits per heavy atom. The van der Waals surface area contributed by atoms with Gasteiger partial charge in [-0.1, -0.05) is 12.1 Å². The molecule has 140 valence electrons. The number of carbonyl (C=O) groups is 3. The fourth-order valence-corrected chi connectivity index (χ4v) is 3.71. The van der Waals surface area contributed by atoms with Gasteiger partial charge in [0.1, 0.15) is 11.6 Å². The molecule has 0 spiro atoms. The van der Waals surface area contributed by atoms with Crippen LogP contribution in [0.15, 0.2) is 54.2 Å². The molecule has 0 aliphatic carbocycles. The molecular formula is C20H15N3O4S. The number of rotatable bonds is 6. The second kappa shape index (κ2) is 7.69. The summed E-state index contributed by atoms with van der Waals surface area (Å²) in [7, 11) is 0. The van der Waals surface area contributed by atoms with Crippen LogP contribution in [0.1, 0.15) is 26.4 Å². The molecule has 0 fully saturated rings. The molecule has 0 saturated carbocycles. The van der Waals surface area contributed by atoms with E-state index in [9.17, 15) is 14.4 Å². The SMILES string of the molecule is O=C(Cc1csc(-c2cccnc2)n1)OCCN1C(=O)c2ccccc2C1=O. The van der Waals surface area contributed by atoms with E-state index >= 15 is 0 Å². The fraction of sp³-hybridized carbons (Fsp3) is 0.150. The molecule has 2 amide bonds. The summed E-state index contributed by atoms with van der Waals surface area (Å²) in [5.41, 5.74) is 2.25. The molecule has 0 N–H and O–H groups in total. The van der Waals surface area contributed by atoms with E-state index in [4.69, 9.17) is 4.74 Å². The monoisotopic (exact) mass is 393 g/mol. The third-order valence-electron chi connectivity index (χ3n) is 4.24. The van der Waals surface area contributed by atoms with Crippen molar-refractivity contribution in [1.82, 2.24) is 14.9 Å². The van der Waals surface area contributed by atoms with Gasteiger partial charge < -0.3 is 4.74 Å². The molecule has 0 bridgehead atoms. The zero-order valence-electron chi connectivity index (χ0n) is 14.7. The standard InChI is InChI=1S/C20H15N3O4S/c24-17(10-14-12-28-18(22-14)13-4-3-7-21-11-13)27-9-8-23-19(25)15-5-1-2-6-16(15)20(23)26/h1-7,11-12H,8-10H2. The quantitative estimate of drug-likeness (QED) is 0.472. The molecule has 1 aliphatic rings.